The van der Waals surface area contributed by atoms with E-state index in [1.165, 1.54) is 19.3 Å². The summed E-state index contributed by atoms with van der Waals surface area (Å²) in [6.45, 7) is 6.22. The summed E-state index contributed by atoms with van der Waals surface area (Å²) in [5.41, 5.74) is 1.13. The van der Waals surface area contributed by atoms with E-state index in [9.17, 15) is 0 Å². The summed E-state index contributed by atoms with van der Waals surface area (Å²) >= 11 is 0. The van der Waals surface area contributed by atoms with Gasteiger partial charge in [0.15, 0.2) is 5.82 Å². The lowest BCUT2D eigenvalue weighted by atomic mass is 9.85. The Morgan fingerprint density at radius 2 is 1.80 bits per heavy atom. The number of nitrogens with zero attached hydrogens (tertiary/aromatic N) is 5. The zero-order valence-electron chi connectivity index (χ0n) is 15.2. The van der Waals surface area contributed by atoms with Gasteiger partial charge in [-0.1, -0.05) is 25.4 Å². The van der Waals surface area contributed by atoms with Crippen molar-refractivity contribution in [3.05, 3.63) is 29.3 Å². The minimum Gasteiger partial charge on any atom is -0.356 e. The minimum absolute atomic E-state index is 0.385. The van der Waals surface area contributed by atoms with Gasteiger partial charge in [0.2, 0.25) is 5.89 Å². The zero-order chi connectivity index (χ0) is 17.2. The first-order valence-electron chi connectivity index (χ1n) is 9.72. The van der Waals surface area contributed by atoms with Gasteiger partial charge in [0.05, 0.1) is 0 Å². The zero-order valence-corrected chi connectivity index (χ0v) is 15.2. The van der Waals surface area contributed by atoms with Gasteiger partial charge in [-0.2, -0.15) is 4.98 Å². The first-order chi connectivity index (χ1) is 12.3. The molecular weight excluding hydrogens is 314 g/mol. The summed E-state index contributed by atoms with van der Waals surface area (Å²) in [5.74, 6) is 4.71. The van der Waals surface area contributed by atoms with Gasteiger partial charge < -0.3 is 9.42 Å². The van der Waals surface area contributed by atoms with Crippen LogP contribution in [0.15, 0.2) is 10.6 Å². The molecule has 0 spiro atoms. The Morgan fingerprint density at radius 1 is 1.00 bits per heavy atom. The van der Waals surface area contributed by atoms with E-state index in [0.29, 0.717) is 11.8 Å². The highest BCUT2D eigenvalue weighted by Gasteiger charge is 2.29. The second kappa shape index (κ2) is 7.10. The molecular formula is C19H27N5O. The van der Waals surface area contributed by atoms with Crippen LogP contribution in [0.4, 0.5) is 5.82 Å². The molecule has 1 aliphatic carbocycles. The Labute approximate surface area is 149 Å². The van der Waals surface area contributed by atoms with Crippen LogP contribution in [0.5, 0.6) is 0 Å². The van der Waals surface area contributed by atoms with Gasteiger partial charge in [-0.05, 0) is 32.1 Å². The van der Waals surface area contributed by atoms with Crippen LogP contribution in [0.25, 0.3) is 0 Å². The molecule has 2 aromatic rings. The van der Waals surface area contributed by atoms with Crippen LogP contribution < -0.4 is 4.90 Å². The fourth-order valence-electron chi connectivity index (χ4n) is 3.64. The summed E-state index contributed by atoms with van der Waals surface area (Å²) in [7, 11) is 0. The molecule has 0 unspecified atom stereocenters. The van der Waals surface area contributed by atoms with Crippen LogP contribution in [-0.2, 0) is 12.8 Å². The molecule has 134 valence electrons. The summed E-state index contributed by atoms with van der Waals surface area (Å²) in [5, 5.41) is 4.22. The molecule has 0 N–H and O–H groups in total. The molecule has 1 aliphatic heterocycles. The largest absolute Gasteiger partial charge is 0.356 e. The highest BCUT2D eigenvalue weighted by Crippen LogP contribution is 2.36. The predicted octanol–water partition coefficient (Wildman–Crippen LogP) is 3.64. The third-order valence-electron chi connectivity index (χ3n) is 5.59. The second-order valence-corrected chi connectivity index (χ2v) is 7.22. The van der Waals surface area contributed by atoms with Gasteiger partial charge in [0, 0.05) is 43.1 Å². The van der Waals surface area contributed by atoms with E-state index in [2.05, 4.69) is 39.9 Å². The fraction of sp³-hybridized carbons (Fsp3) is 0.684. The highest BCUT2D eigenvalue weighted by molar-refractivity contribution is 5.40. The Balaban J connectivity index is 1.42. The Hall–Kier alpha value is -1.98. The molecule has 2 fully saturated rings. The molecule has 0 amide bonds. The average Bonchev–Trinajstić information content (AvgIpc) is 3.09. The van der Waals surface area contributed by atoms with E-state index < -0.39 is 0 Å². The quantitative estimate of drug-likeness (QED) is 0.827. The van der Waals surface area contributed by atoms with Crippen LogP contribution in [0.1, 0.15) is 81.0 Å². The maximum atomic E-state index is 5.57. The maximum absolute atomic E-state index is 5.57. The van der Waals surface area contributed by atoms with Gasteiger partial charge in [-0.3, -0.25) is 0 Å². The lowest BCUT2D eigenvalue weighted by Gasteiger charge is -2.31. The van der Waals surface area contributed by atoms with Crippen LogP contribution in [0, 0.1) is 0 Å². The molecule has 3 heterocycles. The molecule has 1 saturated carbocycles. The first kappa shape index (κ1) is 16.5. The van der Waals surface area contributed by atoms with E-state index in [1.54, 1.807) is 0 Å². The maximum Gasteiger partial charge on any atom is 0.229 e. The van der Waals surface area contributed by atoms with E-state index in [0.717, 1.165) is 67.8 Å². The lowest BCUT2D eigenvalue weighted by Crippen LogP contribution is -2.34. The third kappa shape index (κ3) is 3.39. The monoisotopic (exact) mass is 341 g/mol. The highest BCUT2D eigenvalue weighted by atomic mass is 16.5. The number of hydrogen-bond acceptors (Lipinski definition) is 6. The van der Waals surface area contributed by atoms with Crippen LogP contribution in [0.2, 0.25) is 0 Å². The molecule has 4 rings (SSSR count). The number of rotatable bonds is 5. The van der Waals surface area contributed by atoms with E-state index in [-0.39, 0.29) is 0 Å². The molecule has 6 nitrogen and oxygen atoms in total. The molecule has 0 atom stereocenters. The van der Waals surface area contributed by atoms with Crippen molar-refractivity contribution in [2.45, 2.75) is 70.6 Å². The first-order valence-corrected chi connectivity index (χ1v) is 9.72. The Bertz CT molecular complexity index is 694. The van der Waals surface area contributed by atoms with Gasteiger partial charge >= 0.3 is 0 Å². The molecule has 6 heteroatoms. The van der Waals surface area contributed by atoms with Crippen LogP contribution in [0.3, 0.4) is 0 Å². The number of hydrogen-bond donors (Lipinski definition) is 0. The van der Waals surface area contributed by atoms with Crippen molar-refractivity contribution < 1.29 is 4.52 Å². The summed E-state index contributed by atoms with van der Waals surface area (Å²) in [6, 6.07) is 2.14. The van der Waals surface area contributed by atoms with Gasteiger partial charge in [0.25, 0.3) is 0 Å². The number of anilines is 1. The predicted molar refractivity (Wildman–Crippen MR) is 95.9 cm³/mol. The smallest absolute Gasteiger partial charge is 0.229 e. The fourth-order valence-corrected chi connectivity index (χ4v) is 3.64. The molecule has 0 aromatic carbocycles. The van der Waals surface area contributed by atoms with Crippen molar-refractivity contribution in [1.29, 1.82) is 0 Å². The van der Waals surface area contributed by atoms with Crippen molar-refractivity contribution >= 4 is 5.82 Å². The molecule has 2 aliphatic rings. The average molecular weight is 341 g/mol. The summed E-state index contributed by atoms with van der Waals surface area (Å²) in [4.78, 5) is 16.4. The Kier molecular flexibility index (Phi) is 4.68. The molecule has 25 heavy (non-hydrogen) atoms. The topological polar surface area (TPSA) is 67.9 Å². The number of aryl methyl sites for hydroxylation is 2. The Morgan fingerprint density at radius 3 is 2.44 bits per heavy atom. The van der Waals surface area contributed by atoms with Gasteiger partial charge in [0.1, 0.15) is 11.6 Å². The van der Waals surface area contributed by atoms with Crippen molar-refractivity contribution in [2.24, 2.45) is 0 Å². The molecule has 0 bridgehead atoms. The third-order valence-corrected chi connectivity index (χ3v) is 5.59. The van der Waals surface area contributed by atoms with E-state index >= 15 is 0 Å². The van der Waals surface area contributed by atoms with Crippen molar-refractivity contribution in [3.63, 3.8) is 0 Å². The van der Waals surface area contributed by atoms with Crippen LogP contribution >= 0.6 is 0 Å². The molecule has 2 aromatic heterocycles. The molecule has 0 radical (unpaired) electrons. The molecule has 1 saturated heterocycles. The van der Waals surface area contributed by atoms with Crippen molar-refractivity contribution in [2.75, 3.05) is 18.0 Å². The van der Waals surface area contributed by atoms with Crippen molar-refractivity contribution in [1.82, 2.24) is 20.1 Å². The SMILES string of the molecule is CCc1cc(N2CCC(c3nc(C4CCC4)no3)CC2)nc(CC)n1. The minimum atomic E-state index is 0.385. The van der Waals surface area contributed by atoms with E-state index in [1.807, 2.05) is 0 Å². The van der Waals surface area contributed by atoms with Crippen molar-refractivity contribution in [3.8, 4) is 0 Å². The number of aromatic nitrogens is 4. The summed E-state index contributed by atoms with van der Waals surface area (Å²) in [6.07, 6.45) is 7.63. The second-order valence-electron chi connectivity index (χ2n) is 7.22. The number of piperidine rings is 1. The standard InChI is InChI=1S/C19H27N5O/c1-3-15-12-17(21-16(4-2)20-15)24-10-8-14(9-11-24)19-22-18(23-25-19)13-6-5-7-13/h12-14H,3-11H2,1-2H3. The van der Waals surface area contributed by atoms with E-state index in [4.69, 9.17) is 9.51 Å². The van der Waals surface area contributed by atoms with Gasteiger partial charge in [-0.25, -0.2) is 9.97 Å². The normalized spacial score (nSPS) is 19.2. The lowest BCUT2D eigenvalue weighted by molar-refractivity contribution is 0.317. The van der Waals surface area contributed by atoms with Gasteiger partial charge in [-0.15, -0.1) is 0 Å². The van der Waals surface area contributed by atoms with Crippen LogP contribution in [-0.4, -0.2) is 33.2 Å². The summed E-state index contributed by atoms with van der Waals surface area (Å²) < 4.78 is 5.57.